The van der Waals surface area contributed by atoms with Crippen LogP contribution in [0.4, 0.5) is 0 Å². The van der Waals surface area contributed by atoms with Crippen molar-refractivity contribution < 1.29 is 9.57 Å². The Balaban J connectivity index is 2.04. The van der Waals surface area contributed by atoms with Gasteiger partial charge in [0, 0.05) is 24.4 Å². The third-order valence-corrected chi connectivity index (χ3v) is 2.98. The Labute approximate surface area is 118 Å². The first-order valence-electron chi connectivity index (χ1n) is 6.39. The number of rotatable bonds is 5. The molecule has 0 saturated heterocycles. The third kappa shape index (κ3) is 3.38. The van der Waals surface area contributed by atoms with Gasteiger partial charge in [0.05, 0.1) is 19.0 Å². The first-order valence-corrected chi connectivity index (χ1v) is 6.39. The molecule has 0 fully saturated rings. The van der Waals surface area contributed by atoms with Crippen molar-refractivity contribution in [2.24, 2.45) is 12.2 Å². The first kappa shape index (κ1) is 14.1. The van der Waals surface area contributed by atoms with Crippen molar-refractivity contribution in [3.63, 3.8) is 0 Å². The first-order chi connectivity index (χ1) is 9.60. The van der Waals surface area contributed by atoms with Crippen molar-refractivity contribution >= 4 is 5.71 Å². The van der Waals surface area contributed by atoms with Gasteiger partial charge in [-0.05, 0) is 26.0 Å². The molecule has 5 nitrogen and oxygen atoms in total. The van der Waals surface area contributed by atoms with Crippen LogP contribution in [0.15, 0.2) is 35.7 Å². The van der Waals surface area contributed by atoms with E-state index in [-0.39, 0.29) is 0 Å². The lowest BCUT2D eigenvalue weighted by Crippen LogP contribution is -1.98. The lowest BCUT2D eigenvalue weighted by molar-refractivity contribution is 0.128. The van der Waals surface area contributed by atoms with Gasteiger partial charge in [-0.3, -0.25) is 4.68 Å². The van der Waals surface area contributed by atoms with Gasteiger partial charge in [-0.25, -0.2) is 0 Å². The summed E-state index contributed by atoms with van der Waals surface area (Å²) in [5.74, 6) is 0.810. The number of methoxy groups -OCH3 is 1. The van der Waals surface area contributed by atoms with Gasteiger partial charge in [-0.1, -0.05) is 16.8 Å². The molecule has 0 aliphatic rings. The van der Waals surface area contributed by atoms with E-state index < -0.39 is 0 Å². The topological polar surface area (TPSA) is 48.6 Å². The van der Waals surface area contributed by atoms with Crippen molar-refractivity contribution in [3.05, 3.63) is 47.3 Å². The summed E-state index contributed by atoms with van der Waals surface area (Å²) in [6, 6.07) is 5.98. The van der Waals surface area contributed by atoms with Crippen molar-refractivity contribution in [3.8, 4) is 5.75 Å². The molecule has 0 amide bonds. The van der Waals surface area contributed by atoms with Crippen LogP contribution in [0.5, 0.6) is 5.75 Å². The Morgan fingerprint density at radius 1 is 1.40 bits per heavy atom. The van der Waals surface area contributed by atoms with Crippen molar-refractivity contribution in [2.45, 2.75) is 20.5 Å². The molecule has 106 valence electrons. The fourth-order valence-corrected chi connectivity index (χ4v) is 1.88. The number of oxime groups is 1. The van der Waals surface area contributed by atoms with Crippen LogP contribution in [0.25, 0.3) is 0 Å². The highest BCUT2D eigenvalue weighted by Gasteiger charge is 2.04. The molecule has 1 heterocycles. The maximum Gasteiger partial charge on any atom is 0.145 e. The zero-order valence-corrected chi connectivity index (χ0v) is 12.3. The summed E-state index contributed by atoms with van der Waals surface area (Å²) in [7, 11) is 3.52. The molecule has 0 aliphatic heterocycles. The monoisotopic (exact) mass is 273 g/mol. The van der Waals surface area contributed by atoms with Crippen LogP contribution < -0.4 is 4.74 Å². The Bertz CT molecular complexity index is 617. The van der Waals surface area contributed by atoms with Crippen LogP contribution in [0, 0.1) is 6.92 Å². The average Bonchev–Trinajstić information content (AvgIpc) is 2.86. The van der Waals surface area contributed by atoms with Crippen LogP contribution in [0.2, 0.25) is 0 Å². The lowest BCUT2D eigenvalue weighted by atomic mass is 10.1. The second-order valence-corrected chi connectivity index (χ2v) is 4.67. The number of aryl methyl sites for hydroxylation is 2. The molecular weight excluding hydrogens is 254 g/mol. The molecule has 0 N–H and O–H groups in total. The highest BCUT2D eigenvalue weighted by molar-refractivity contribution is 5.97. The minimum Gasteiger partial charge on any atom is -0.496 e. The Morgan fingerprint density at radius 2 is 2.20 bits per heavy atom. The van der Waals surface area contributed by atoms with Gasteiger partial charge >= 0.3 is 0 Å². The second kappa shape index (κ2) is 6.23. The van der Waals surface area contributed by atoms with E-state index in [1.54, 1.807) is 18.0 Å². The quantitative estimate of drug-likeness (QED) is 0.621. The Kier molecular flexibility index (Phi) is 4.40. The van der Waals surface area contributed by atoms with Gasteiger partial charge in [0.2, 0.25) is 0 Å². The molecule has 2 aromatic rings. The molecule has 0 aliphatic carbocycles. The molecule has 20 heavy (non-hydrogen) atoms. The fraction of sp³-hybridized carbons (Fsp3) is 0.333. The molecular formula is C15H19N3O2. The molecule has 1 aromatic heterocycles. The van der Waals surface area contributed by atoms with Gasteiger partial charge in [-0.2, -0.15) is 5.10 Å². The summed E-state index contributed by atoms with van der Waals surface area (Å²) in [5.41, 5.74) is 3.89. The second-order valence-electron chi connectivity index (χ2n) is 4.67. The summed E-state index contributed by atoms with van der Waals surface area (Å²) >= 11 is 0. The molecule has 0 atom stereocenters. The van der Waals surface area contributed by atoms with Crippen LogP contribution >= 0.6 is 0 Å². The van der Waals surface area contributed by atoms with E-state index >= 15 is 0 Å². The van der Waals surface area contributed by atoms with Gasteiger partial charge in [0.15, 0.2) is 0 Å². The van der Waals surface area contributed by atoms with Gasteiger partial charge < -0.3 is 9.57 Å². The molecule has 0 bridgehead atoms. The van der Waals surface area contributed by atoms with Crippen LogP contribution in [-0.2, 0) is 18.5 Å². The summed E-state index contributed by atoms with van der Waals surface area (Å²) in [4.78, 5) is 5.41. The number of hydrogen-bond donors (Lipinski definition) is 0. The summed E-state index contributed by atoms with van der Waals surface area (Å²) in [5, 5.41) is 8.22. The van der Waals surface area contributed by atoms with Crippen LogP contribution in [0.1, 0.15) is 23.6 Å². The zero-order chi connectivity index (χ0) is 14.5. The molecule has 0 radical (unpaired) electrons. The number of hydrogen-bond acceptors (Lipinski definition) is 4. The summed E-state index contributed by atoms with van der Waals surface area (Å²) < 4.78 is 7.04. The summed E-state index contributed by atoms with van der Waals surface area (Å²) in [6.07, 6.45) is 3.66. The minimum absolute atomic E-state index is 0.377. The molecule has 1 aromatic carbocycles. The van der Waals surface area contributed by atoms with Crippen molar-refractivity contribution in [1.82, 2.24) is 9.78 Å². The molecule has 0 spiro atoms. The SMILES string of the molecule is COc1ccc(C)cc1CON=C(C)c1cnn(C)c1. The maximum atomic E-state index is 5.41. The zero-order valence-electron chi connectivity index (χ0n) is 12.3. The number of nitrogens with zero attached hydrogens (tertiary/aromatic N) is 3. The smallest absolute Gasteiger partial charge is 0.145 e. The van der Waals surface area contributed by atoms with Crippen LogP contribution in [0.3, 0.4) is 0 Å². The fourth-order valence-electron chi connectivity index (χ4n) is 1.88. The van der Waals surface area contributed by atoms with Crippen molar-refractivity contribution in [1.29, 1.82) is 0 Å². The molecule has 0 saturated carbocycles. The average molecular weight is 273 g/mol. The summed E-state index contributed by atoms with van der Waals surface area (Å²) in [6.45, 7) is 4.31. The van der Waals surface area contributed by atoms with E-state index in [0.717, 1.165) is 28.2 Å². The van der Waals surface area contributed by atoms with E-state index in [2.05, 4.69) is 10.3 Å². The normalized spacial score (nSPS) is 11.5. The number of aromatic nitrogens is 2. The predicted octanol–water partition coefficient (Wildman–Crippen LogP) is 2.68. The minimum atomic E-state index is 0.377. The Morgan fingerprint density at radius 3 is 2.85 bits per heavy atom. The van der Waals surface area contributed by atoms with E-state index in [1.165, 1.54) is 0 Å². The third-order valence-electron chi connectivity index (χ3n) is 2.98. The molecule has 0 unspecified atom stereocenters. The van der Waals surface area contributed by atoms with E-state index in [4.69, 9.17) is 9.57 Å². The van der Waals surface area contributed by atoms with E-state index in [0.29, 0.717) is 6.61 Å². The highest BCUT2D eigenvalue weighted by Crippen LogP contribution is 2.20. The molecule has 2 rings (SSSR count). The van der Waals surface area contributed by atoms with Gasteiger partial charge in [-0.15, -0.1) is 0 Å². The predicted molar refractivity (Wildman–Crippen MR) is 77.9 cm³/mol. The largest absolute Gasteiger partial charge is 0.496 e. The highest BCUT2D eigenvalue weighted by atomic mass is 16.6. The van der Waals surface area contributed by atoms with Crippen LogP contribution in [-0.4, -0.2) is 22.6 Å². The number of benzene rings is 1. The standard InChI is InChI=1S/C15H19N3O2/c1-11-5-6-15(19-4)13(7-11)10-20-17-12(2)14-8-16-18(3)9-14/h5-9H,10H2,1-4H3. The molecule has 5 heteroatoms. The lowest BCUT2D eigenvalue weighted by Gasteiger charge is -2.08. The van der Waals surface area contributed by atoms with Crippen molar-refractivity contribution in [2.75, 3.05) is 7.11 Å². The Hall–Kier alpha value is -2.30. The maximum absolute atomic E-state index is 5.41. The van der Waals surface area contributed by atoms with Gasteiger partial charge in [0.25, 0.3) is 0 Å². The van der Waals surface area contributed by atoms with E-state index in [9.17, 15) is 0 Å². The number of ether oxygens (including phenoxy) is 1. The van der Waals surface area contributed by atoms with E-state index in [1.807, 2.05) is 45.3 Å². The van der Waals surface area contributed by atoms with Gasteiger partial charge in [0.1, 0.15) is 12.4 Å².